The lowest BCUT2D eigenvalue weighted by Gasteiger charge is -2.18. The smallest absolute Gasteiger partial charge is 0.273 e. The molecule has 1 unspecified atom stereocenters. The minimum Gasteiger partial charge on any atom is -0.490 e. The predicted octanol–water partition coefficient (Wildman–Crippen LogP) is 1.91. The summed E-state index contributed by atoms with van der Waals surface area (Å²) in [6, 6.07) is 5.79. The topological polar surface area (TPSA) is 72.6 Å². The minimum absolute atomic E-state index is 0.00231. The quantitative estimate of drug-likeness (QED) is 0.470. The Balaban J connectivity index is 2.71. The van der Waals surface area contributed by atoms with Gasteiger partial charge in [-0.3, -0.25) is 10.1 Å². The summed E-state index contributed by atoms with van der Waals surface area (Å²) in [6.45, 7) is 4.99. The molecule has 1 aromatic carbocycles. The highest BCUT2D eigenvalue weighted by molar-refractivity contribution is 5.38. The number of hydrogen-bond donors (Lipinski definition) is 1. The van der Waals surface area contributed by atoms with Crippen LogP contribution < -0.4 is 4.74 Å². The van der Waals surface area contributed by atoms with Crippen LogP contribution >= 0.6 is 0 Å². The number of nitro benzene ring substituents is 1. The molecular weight excluding hydrogens is 210 g/mol. The van der Waals surface area contributed by atoms with Gasteiger partial charge in [-0.2, -0.15) is 0 Å². The van der Waals surface area contributed by atoms with Crippen molar-refractivity contribution >= 4 is 5.69 Å². The highest BCUT2D eigenvalue weighted by atomic mass is 16.6. The lowest BCUT2D eigenvalue weighted by Crippen LogP contribution is -2.29. The molecule has 0 saturated carbocycles. The van der Waals surface area contributed by atoms with E-state index in [1.165, 1.54) is 31.2 Å². The highest BCUT2D eigenvalue weighted by Crippen LogP contribution is 2.20. The molecule has 16 heavy (non-hydrogen) atoms. The SMILES string of the molecule is C=CC(C)(O)COc1cccc([N+](=O)[O-])c1. The number of non-ortho nitro benzene ring substituents is 1. The number of nitro groups is 1. The van der Waals surface area contributed by atoms with Crippen LogP contribution in [-0.2, 0) is 0 Å². The average molecular weight is 223 g/mol. The molecule has 0 spiro atoms. The second-order valence-electron chi connectivity index (χ2n) is 3.60. The van der Waals surface area contributed by atoms with Crippen molar-refractivity contribution in [2.75, 3.05) is 6.61 Å². The van der Waals surface area contributed by atoms with E-state index in [9.17, 15) is 15.2 Å². The van der Waals surface area contributed by atoms with Gasteiger partial charge in [0.15, 0.2) is 0 Å². The monoisotopic (exact) mass is 223 g/mol. The molecular formula is C11H13NO4. The third-order valence-electron chi connectivity index (χ3n) is 2.00. The molecule has 0 saturated heterocycles. The van der Waals surface area contributed by atoms with Gasteiger partial charge in [0.1, 0.15) is 18.0 Å². The number of rotatable bonds is 5. The van der Waals surface area contributed by atoms with E-state index in [0.29, 0.717) is 5.75 Å². The van der Waals surface area contributed by atoms with E-state index in [-0.39, 0.29) is 12.3 Å². The fourth-order valence-corrected chi connectivity index (χ4v) is 0.975. The van der Waals surface area contributed by atoms with Crippen molar-refractivity contribution in [2.24, 2.45) is 0 Å². The first-order chi connectivity index (χ1) is 7.44. The Morgan fingerprint density at radius 1 is 1.69 bits per heavy atom. The predicted molar refractivity (Wildman–Crippen MR) is 59.4 cm³/mol. The third kappa shape index (κ3) is 3.36. The summed E-state index contributed by atoms with van der Waals surface area (Å²) in [5.74, 6) is 0.344. The molecule has 0 fully saturated rings. The van der Waals surface area contributed by atoms with Gasteiger partial charge in [-0.1, -0.05) is 12.1 Å². The zero-order valence-corrected chi connectivity index (χ0v) is 8.92. The largest absolute Gasteiger partial charge is 0.490 e. The molecule has 0 amide bonds. The number of ether oxygens (including phenoxy) is 1. The Hall–Kier alpha value is -1.88. The van der Waals surface area contributed by atoms with Crippen LogP contribution in [0.15, 0.2) is 36.9 Å². The molecule has 0 bridgehead atoms. The Morgan fingerprint density at radius 3 is 2.94 bits per heavy atom. The molecule has 86 valence electrons. The molecule has 1 aromatic rings. The van der Waals surface area contributed by atoms with Gasteiger partial charge in [0.25, 0.3) is 5.69 Å². The zero-order chi connectivity index (χ0) is 12.2. The normalized spacial score (nSPS) is 13.9. The second-order valence-corrected chi connectivity index (χ2v) is 3.60. The Morgan fingerprint density at radius 2 is 2.38 bits per heavy atom. The van der Waals surface area contributed by atoms with Crippen LogP contribution in [0.4, 0.5) is 5.69 Å². The van der Waals surface area contributed by atoms with Crippen LogP contribution in [0.5, 0.6) is 5.75 Å². The number of hydrogen-bond acceptors (Lipinski definition) is 4. The molecule has 1 atom stereocenters. The molecule has 5 nitrogen and oxygen atoms in total. The lowest BCUT2D eigenvalue weighted by molar-refractivity contribution is -0.384. The van der Waals surface area contributed by atoms with Crippen molar-refractivity contribution in [3.63, 3.8) is 0 Å². The summed E-state index contributed by atoms with van der Waals surface area (Å²) in [5.41, 5.74) is -1.19. The maximum atomic E-state index is 10.5. The summed E-state index contributed by atoms with van der Waals surface area (Å²) >= 11 is 0. The lowest BCUT2D eigenvalue weighted by atomic mass is 10.1. The van der Waals surface area contributed by atoms with Crippen LogP contribution in [0.1, 0.15) is 6.92 Å². The van der Waals surface area contributed by atoms with E-state index in [1.807, 2.05) is 0 Å². The van der Waals surface area contributed by atoms with Crippen LogP contribution in [0.2, 0.25) is 0 Å². The van der Waals surface area contributed by atoms with Crippen molar-refractivity contribution in [2.45, 2.75) is 12.5 Å². The van der Waals surface area contributed by atoms with Gasteiger partial charge in [-0.25, -0.2) is 0 Å². The van der Waals surface area contributed by atoms with E-state index in [2.05, 4.69) is 6.58 Å². The standard InChI is InChI=1S/C11H13NO4/c1-3-11(2,13)8-16-10-6-4-5-9(7-10)12(14)15/h3-7,13H,1,8H2,2H3. The first-order valence-corrected chi connectivity index (χ1v) is 4.68. The van der Waals surface area contributed by atoms with Gasteiger partial charge >= 0.3 is 0 Å². The van der Waals surface area contributed by atoms with Gasteiger partial charge in [-0.05, 0) is 13.0 Å². The van der Waals surface area contributed by atoms with Crippen LogP contribution in [0, 0.1) is 10.1 Å². The molecule has 0 aliphatic rings. The van der Waals surface area contributed by atoms with Gasteiger partial charge < -0.3 is 9.84 Å². The molecule has 0 aliphatic carbocycles. The zero-order valence-electron chi connectivity index (χ0n) is 8.92. The Kier molecular flexibility index (Phi) is 3.63. The van der Waals surface area contributed by atoms with Crippen molar-refractivity contribution < 1.29 is 14.8 Å². The van der Waals surface area contributed by atoms with Gasteiger partial charge in [0.2, 0.25) is 0 Å². The third-order valence-corrected chi connectivity index (χ3v) is 2.00. The summed E-state index contributed by atoms with van der Waals surface area (Å²) < 4.78 is 5.23. The van der Waals surface area contributed by atoms with Gasteiger partial charge in [0, 0.05) is 6.07 Å². The minimum atomic E-state index is -1.15. The van der Waals surface area contributed by atoms with Crippen LogP contribution in [-0.4, -0.2) is 22.2 Å². The Labute approximate surface area is 93.1 Å². The fourth-order valence-electron chi connectivity index (χ4n) is 0.975. The summed E-state index contributed by atoms with van der Waals surface area (Å²) in [4.78, 5) is 9.99. The summed E-state index contributed by atoms with van der Waals surface area (Å²) in [7, 11) is 0. The molecule has 0 radical (unpaired) electrons. The molecule has 0 aliphatic heterocycles. The maximum absolute atomic E-state index is 10.5. The molecule has 5 heteroatoms. The first-order valence-electron chi connectivity index (χ1n) is 4.68. The van der Waals surface area contributed by atoms with E-state index < -0.39 is 10.5 Å². The first kappa shape index (κ1) is 12.2. The second kappa shape index (κ2) is 4.76. The van der Waals surface area contributed by atoms with Crippen molar-refractivity contribution in [3.05, 3.63) is 47.0 Å². The van der Waals surface area contributed by atoms with Crippen molar-refractivity contribution in [3.8, 4) is 5.75 Å². The van der Waals surface area contributed by atoms with Gasteiger partial charge in [-0.15, -0.1) is 6.58 Å². The molecule has 0 aromatic heterocycles. The Bertz CT molecular complexity index is 401. The van der Waals surface area contributed by atoms with E-state index in [0.717, 1.165) is 0 Å². The average Bonchev–Trinajstić information content (AvgIpc) is 2.27. The summed E-state index contributed by atoms with van der Waals surface area (Å²) in [5, 5.41) is 20.1. The fraction of sp³-hybridized carbons (Fsp3) is 0.273. The molecule has 1 N–H and O–H groups in total. The number of aliphatic hydroxyl groups is 1. The van der Waals surface area contributed by atoms with Crippen molar-refractivity contribution in [1.29, 1.82) is 0 Å². The van der Waals surface area contributed by atoms with Crippen LogP contribution in [0.3, 0.4) is 0 Å². The van der Waals surface area contributed by atoms with E-state index in [4.69, 9.17) is 4.74 Å². The van der Waals surface area contributed by atoms with Gasteiger partial charge in [0.05, 0.1) is 11.0 Å². The van der Waals surface area contributed by atoms with Crippen LogP contribution in [0.25, 0.3) is 0 Å². The number of nitrogens with zero attached hydrogens (tertiary/aromatic N) is 1. The van der Waals surface area contributed by atoms with Crippen molar-refractivity contribution in [1.82, 2.24) is 0 Å². The summed E-state index contributed by atoms with van der Waals surface area (Å²) in [6.07, 6.45) is 1.35. The molecule has 1 rings (SSSR count). The number of benzene rings is 1. The molecule has 0 heterocycles. The highest BCUT2D eigenvalue weighted by Gasteiger charge is 2.16. The van der Waals surface area contributed by atoms with E-state index >= 15 is 0 Å². The van der Waals surface area contributed by atoms with E-state index in [1.54, 1.807) is 6.07 Å². The maximum Gasteiger partial charge on any atom is 0.273 e.